The van der Waals surface area contributed by atoms with Gasteiger partial charge in [-0.25, -0.2) is 0 Å². The number of Topliss-reactive ketones (excluding diaryl/α,β-unsaturated/α-hetero) is 1. The number of allylic oxidation sites excluding steroid dienone is 1. The van der Waals surface area contributed by atoms with Crippen molar-refractivity contribution in [3.05, 3.63) is 46.5 Å². The number of anilines is 1. The van der Waals surface area contributed by atoms with Gasteiger partial charge in [0.15, 0.2) is 5.78 Å². The Kier molecular flexibility index (Phi) is 4.14. The van der Waals surface area contributed by atoms with Crippen molar-refractivity contribution in [2.45, 2.75) is 96.9 Å². The first-order chi connectivity index (χ1) is 16.0. The Morgan fingerprint density at radius 2 is 1.55 bits per heavy atom. The average Bonchev–Trinajstić information content (AvgIpc) is 2.95. The molecule has 172 valence electrons. The monoisotopic (exact) mass is 439 g/mol. The highest BCUT2D eigenvalue weighted by atomic mass is 16.1. The van der Waals surface area contributed by atoms with Gasteiger partial charge in [-0.05, 0) is 72.3 Å². The molecule has 3 aliphatic carbocycles. The number of fused-ring (bicyclic) bond motifs is 4. The molecule has 33 heavy (non-hydrogen) atoms. The van der Waals surface area contributed by atoms with Crippen molar-refractivity contribution in [1.82, 2.24) is 0 Å². The minimum Gasteiger partial charge on any atom is -0.380 e. The number of ketones is 1. The lowest BCUT2D eigenvalue weighted by Crippen LogP contribution is -2.44. The van der Waals surface area contributed by atoms with Crippen LogP contribution < -0.4 is 5.32 Å². The molecule has 7 rings (SSSR count). The van der Waals surface area contributed by atoms with Crippen molar-refractivity contribution in [1.29, 1.82) is 0 Å². The van der Waals surface area contributed by atoms with Crippen LogP contribution in [-0.2, 0) is 4.79 Å². The fraction of sp³-hybridized carbons (Fsp3) is 0.581. The SMILES string of the molecule is Cc1cc2c3c4c(cccc14)C(C)C(N3)C(C)C1=C2C2(CCCCC2)C(=O)C12CCCCC2. The Bertz CT molecular complexity index is 1220. The molecule has 2 aliphatic heterocycles. The number of hydrogen-bond acceptors (Lipinski definition) is 2. The van der Waals surface area contributed by atoms with Gasteiger partial charge in [0.1, 0.15) is 0 Å². The minimum absolute atomic E-state index is 0.203. The highest BCUT2D eigenvalue weighted by Crippen LogP contribution is 2.68. The van der Waals surface area contributed by atoms with E-state index in [0.29, 0.717) is 23.7 Å². The van der Waals surface area contributed by atoms with Crippen LogP contribution in [0.2, 0.25) is 0 Å². The molecule has 0 aromatic heterocycles. The van der Waals surface area contributed by atoms with E-state index in [2.05, 4.69) is 50.4 Å². The number of rotatable bonds is 0. The van der Waals surface area contributed by atoms with Crippen LogP contribution in [0.15, 0.2) is 29.8 Å². The quantitative estimate of drug-likeness (QED) is 0.451. The number of hydrogen-bond donors (Lipinski definition) is 1. The van der Waals surface area contributed by atoms with Gasteiger partial charge in [-0.1, -0.05) is 70.6 Å². The second-order valence-corrected chi connectivity index (χ2v) is 12.0. The summed E-state index contributed by atoms with van der Waals surface area (Å²) in [7, 11) is 0. The van der Waals surface area contributed by atoms with Gasteiger partial charge in [-0.15, -0.1) is 0 Å². The van der Waals surface area contributed by atoms with E-state index in [9.17, 15) is 4.79 Å². The molecule has 0 saturated heterocycles. The molecule has 0 amide bonds. The van der Waals surface area contributed by atoms with Gasteiger partial charge in [0.05, 0.1) is 16.5 Å². The first-order valence-corrected chi connectivity index (χ1v) is 13.6. The Morgan fingerprint density at radius 1 is 0.879 bits per heavy atom. The number of carbonyl (C=O) groups is 1. The molecule has 3 unspecified atom stereocenters. The molecule has 2 heteroatoms. The Hall–Kier alpha value is -2.09. The van der Waals surface area contributed by atoms with E-state index >= 15 is 0 Å². The zero-order chi connectivity index (χ0) is 22.5. The van der Waals surface area contributed by atoms with Gasteiger partial charge in [0, 0.05) is 22.9 Å². The molecular formula is C31H37NO. The van der Waals surface area contributed by atoms with Gasteiger partial charge in [-0.3, -0.25) is 4.79 Å². The summed E-state index contributed by atoms with van der Waals surface area (Å²) in [4.78, 5) is 14.8. The number of carbonyl (C=O) groups excluding carboxylic acids is 1. The molecule has 3 atom stereocenters. The van der Waals surface area contributed by atoms with Crippen molar-refractivity contribution >= 4 is 27.8 Å². The van der Waals surface area contributed by atoms with Crippen molar-refractivity contribution in [2.75, 3.05) is 5.32 Å². The molecule has 0 radical (unpaired) electrons. The summed E-state index contributed by atoms with van der Waals surface area (Å²) < 4.78 is 0. The summed E-state index contributed by atoms with van der Waals surface area (Å²) in [5, 5.41) is 6.92. The van der Waals surface area contributed by atoms with Crippen LogP contribution in [0.3, 0.4) is 0 Å². The lowest BCUT2D eigenvalue weighted by atomic mass is 9.60. The lowest BCUT2D eigenvalue weighted by molar-refractivity contribution is -0.135. The number of aryl methyl sites for hydroxylation is 1. The standard InChI is InChI=1S/C31H37NO/c1-18-17-23-26-25(20(3)27-19(2)22-12-10-11-21(18)24(22)28(23)32-27)30(13-6-4-7-14-30)29(33)31(26)15-8-5-9-16-31/h10-12,17,19-20,27,32H,4-9,13-16H2,1-3H3. The molecule has 2 saturated carbocycles. The van der Waals surface area contributed by atoms with E-state index in [-0.39, 0.29) is 10.8 Å². The Morgan fingerprint density at radius 3 is 2.24 bits per heavy atom. The molecule has 1 N–H and O–H groups in total. The molecule has 2 aromatic rings. The fourth-order valence-corrected chi connectivity index (χ4v) is 9.17. The fourth-order valence-electron chi connectivity index (χ4n) is 9.17. The Balaban J connectivity index is 1.62. The largest absolute Gasteiger partial charge is 0.380 e. The molecule has 5 aliphatic rings. The molecule has 2 bridgehead atoms. The van der Waals surface area contributed by atoms with Gasteiger partial charge >= 0.3 is 0 Å². The summed E-state index contributed by atoms with van der Waals surface area (Å²) in [5.41, 5.74) is 8.23. The molecule has 2 spiro atoms. The van der Waals surface area contributed by atoms with Crippen LogP contribution in [0.4, 0.5) is 5.69 Å². The summed E-state index contributed by atoms with van der Waals surface area (Å²) >= 11 is 0. The van der Waals surface area contributed by atoms with Crippen LogP contribution >= 0.6 is 0 Å². The highest BCUT2D eigenvalue weighted by molar-refractivity contribution is 6.15. The van der Waals surface area contributed by atoms with Gasteiger partial charge in [-0.2, -0.15) is 0 Å². The van der Waals surface area contributed by atoms with Crippen LogP contribution in [-0.4, -0.2) is 11.8 Å². The smallest absolute Gasteiger partial charge is 0.153 e. The summed E-state index contributed by atoms with van der Waals surface area (Å²) in [6.07, 6.45) is 11.7. The topological polar surface area (TPSA) is 29.1 Å². The second kappa shape index (κ2) is 6.74. The number of nitrogens with one attached hydrogen (secondary N) is 1. The van der Waals surface area contributed by atoms with Crippen LogP contribution in [0.1, 0.15) is 101 Å². The molecular weight excluding hydrogens is 402 g/mol. The van der Waals surface area contributed by atoms with Crippen molar-refractivity contribution in [3.63, 3.8) is 0 Å². The normalized spacial score (nSPS) is 31.2. The van der Waals surface area contributed by atoms with Gasteiger partial charge in [0.25, 0.3) is 0 Å². The zero-order valence-corrected chi connectivity index (χ0v) is 20.5. The summed E-state index contributed by atoms with van der Waals surface area (Å²) in [6, 6.07) is 9.74. The lowest BCUT2D eigenvalue weighted by Gasteiger charge is -2.44. The maximum Gasteiger partial charge on any atom is 0.153 e. The van der Waals surface area contributed by atoms with Crippen molar-refractivity contribution in [3.8, 4) is 0 Å². The third-order valence-corrected chi connectivity index (χ3v) is 10.6. The molecule has 2 nitrogen and oxygen atoms in total. The predicted molar refractivity (Wildman–Crippen MR) is 137 cm³/mol. The maximum atomic E-state index is 14.8. The van der Waals surface area contributed by atoms with E-state index < -0.39 is 0 Å². The minimum atomic E-state index is -0.243. The van der Waals surface area contributed by atoms with Crippen LogP contribution in [0.25, 0.3) is 16.3 Å². The molecule has 2 heterocycles. The van der Waals surface area contributed by atoms with Crippen molar-refractivity contribution < 1.29 is 4.79 Å². The third kappa shape index (κ3) is 2.33. The van der Waals surface area contributed by atoms with Gasteiger partial charge < -0.3 is 5.32 Å². The first-order valence-electron chi connectivity index (χ1n) is 13.6. The van der Waals surface area contributed by atoms with Crippen LogP contribution in [0.5, 0.6) is 0 Å². The predicted octanol–water partition coefficient (Wildman–Crippen LogP) is 7.93. The zero-order valence-electron chi connectivity index (χ0n) is 20.5. The third-order valence-electron chi connectivity index (χ3n) is 10.6. The van der Waals surface area contributed by atoms with E-state index in [1.54, 1.807) is 5.57 Å². The number of benzene rings is 2. The maximum absolute atomic E-state index is 14.8. The van der Waals surface area contributed by atoms with E-state index in [1.165, 1.54) is 77.2 Å². The Labute approximate surface area is 198 Å². The average molecular weight is 440 g/mol. The van der Waals surface area contributed by atoms with E-state index in [1.807, 2.05) is 0 Å². The molecule has 2 fully saturated rings. The van der Waals surface area contributed by atoms with Crippen LogP contribution in [0, 0.1) is 23.7 Å². The molecule has 2 aromatic carbocycles. The van der Waals surface area contributed by atoms with E-state index in [0.717, 1.165) is 25.7 Å². The van der Waals surface area contributed by atoms with E-state index in [4.69, 9.17) is 0 Å². The summed E-state index contributed by atoms with van der Waals surface area (Å²) in [5.74, 6) is 1.46. The highest BCUT2D eigenvalue weighted by Gasteiger charge is 2.63. The second-order valence-electron chi connectivity index (χ2n) is 12.0. The summed E-state index contributed by atoms with van der Waals surface area (Å²) in [6.45, 7) is 7.16. The first kappa shape index (κ1) is 20.3. The van der Waals surface area contributed by atoms with Crippen molar-refractivity contribution in [2.24, 2.45) is 16.7 Å². The van der Waals surface area contributed by atoms with Gasteiger partial charge in [0.2, 0.25) is 0 Å².